The first-order valence-electron chi connectivity index (χ1n) is 9.49. The molecule has 0 bridgehead atoms. The summed E-state index contributed by atoms with van der Waals surface area (Å²) in [6.07, 6.45) is 1.73. The summed E-state index contributed by atoms with van der Waals surface area (Å²) in [5.74, 6) is 0.370. The molecule has 6 heteroatoms. The maximum absolute atomic E-state index is 13.6. The molecule has 0 saturated carbocycles. The Bertz CT molecular complexity index is 1320. The Kier molecular flexibility index (Phi) is 4.22. The van der Waals surface area contributed by atoms with E-state index in [1.165, 1.54) is 12.1 Å². The van der Waals surface area contributed by atoms with Gasteiger partial charge in [-0.3, -0.25) is 9.98 Å². The smallest absolute Gasteiger partial charge is 0.129 e. The van der Waals surface area contributed by atoms with Crippen molar-refractivity contribution in [3.8, 4) is 6.07 Å². The van der Waals surface area contributed by atoms with E-state index in [0.29, 0.717) is 17.9 Å². The highest BCUT2D eigenvalue weighted by molar-refractivity contribution is 6.01. The van der Waals surface area contributed by atoms with Crippen LogP contribution in [0.4, 0.5) is 4.39 Å². The molecule has 30 heavy (non-hydrogen) atoms. The minimum atomic E-state index is -0.754. The minimum absolute atomic E-state index is 0.301. The molecule has 0 amide bonds. The van der Waals surface area contributed by atoms with E-state index in [0.717, 1.165) is 27.9 Å². The summed E-state index contributed by atoms with van der Waals surface area (Å²) in [6, 6.07) is 23.4. The lowest BCUT2D eigenvalue weighted by atomic mass is 9.86. The van der Waals surface area contributed by atoms with Gasteiger partial charge in [0.05, 0.1) is 34.9 Å². The second-order valence-corrected chi connectivity index (χ2v) is 7.13. The van der Waals surface area contributed by atoms with E-state index in [4.69, 9.17) is 9.98 Å². The largest absolute Gasteiger partial charge is 0.353 e. The summed E-state index contributed by atoms with van der Waals surface area (Å²) in [5.41, 5.74) is 3.83. The van der Waals surface area contributed by atoms with Crippen molar-refractivity contribution in [1.29, 1.82) is 5.26 Å². The van der Waals surface area contributed by atoms with E-state index >= 15 is 0 Å². The van der Waals surface area contributed by atoms with Crippen LogP contribution in [0.15, 0.2) is 84.0 Å². The summed E-state index contributed by atoms with van der Waals surface area (Å²) in [4.78, 5) is 13.9. The van der Waals surface area contributed by atoms with Crippen LogP contribution in [-0.4, -0.2) is 22.3 Å². The van der Waals surface area contributed by atoms with Gasteiger partial charge >= 0.3 is 0 Å². The first-order valence-corrected chi connectivity index (χ1v) is 9.49. The molecule has 2 aromatic carbocycles. The highest BCUT2D eigenvalue weighted by atomic mass is 19.1. The monoisotopic (exact) mass is 393 g/mol. The molecule has 0 aliphatic carbocycles. The molecule has 3 heterocycles. The Morgan fingerprint density at radius 2 is 1.83 bits per heavy atom. The topological polar surface area (TPSA) is 74.0 Å². The van der Waals surface area contributed by atoms with Gasteiger partial charge in [0, 0.05) is 11.8 Å². The van der Waals surface area contributed by atoms with Crippen molar-refractivity contribution in [2.45, 2.75) is 5.54 Å². The van der Waals surface area contributed by atoms with Crippen LogP contribution in [0.1, 0.15) is 22.4 Å². The number of hydrogen-bond acceptors (Lipinski definition) is 5. The average molecular weight is 393 g/mol. The summed E-state index contributed by atoms with van der Waals surface area (Å²) < 4.78 is 13.6. The number of fused-ring (bicyclic) bond motifs is 1. The van der Waals surface area contributed by atoms with Crippen LogP contribution in [0.2, 0.25) is 0 Å². The van der Waals surface area contributed by atoms with Crippen LogP contribution in [-0.2, 0) is 5.54 Å². The molecule has 1 atom stereocenters. The lowest BCUT2D eigenvalue weighted by Gasteiger charge is -2.30. The van der Waals surface area contributed by atoms with E-state index in [1.54, 1.807) is 30.5 Å². The molecular formula is C24H16FN5. The van der Waals surface area contributed by atoms with Crippen LogP contribution in [0.25, 0.3) is 11.0 Å². The molecule has 0 spiro atoms. The van der Waals surface area contributed by atoms with Gasteiger partial charge in [0.1, 0.15) is 17.2 Å². The molecule has 2 aromatic heterocycles. The number of nitrogens with one attached hydrogen (secondary N) is 1. The number of amidine groups is 1. The van der Waals surface area contributed by atoms with E-state index in [2.05, 4.69) is 16.4 Å². The first kappa shape index (κ1) is 18.0. The molecule has 1 N–H and O–H groups in total. The van der Waals surface area contributed by atoms with E-state index in [9.17, 15) is 9.65 Å². The number of aliphatic imine (C=N–C) groups is 1. The van der Waals surface area contributed by atoms with Gasteiger partial charge in [-0.15, -0.1) is 0 Å². The summed E-state index contributed by atoms with van der Waals surface area (Å²) in [5, 5.41) is 12.8. The lowest BCUT2D eigenvalue weighted by molar-refractivity contribution is 0.508. The minimum Gasteiger partial charge on any atom is -0.353 e. The molecule has 5 rings (SSSR count). The Morgan fingerprint density at radius 3 is 2.67 bits per heavy atom. The fourth-order valence-electron chi connectivity index (χ4n) is 3.76. The normalized spacial score (nSPS) is 17.9. The van der Waals surface area contributed by atoms with Crippen LogP contribution >= 0.6 is 0 Å². The van der Waals surface area contributed by atoms with Crippen molar-refractivity contribution in [1.82, 2.24) is 15.3 Å². The molecule has 4 aromatic rings. The maximum Gasteiger partial charge on any atom is 0.129 e. The third-order valence-corrected chi connectivity index (χ3v) is 5.30. The molecule has 5 nitrogen and oxygen atoms in total. The zero-order chi connectivity index (χ0) is 20.6. The number of aromatic nitrogens is 2. The molecule has 1 aliphatic heterocycles. The third-order valence-electron chi connectivity index (χ3n) is 5.30. The summed E-state index contributed by atoms with van der Waals surface area (Å²) in [7, 11) is 0. The number of benzene rings is 2. The van der Waals surface area contributed by atoms with Gasteiger partial charge in [0.15, 0.2) is 0 Å². The Labute approximate surface area is 172 Å². The standard InChI is InChI=1S/C24H16FN5/c25-19-8-6-18(7-9-19)24(22-11-10-20-21(29-22)5-2-12-27-20)15-28-23(30-24)17-4-1-3-16(13-17)14-26/h1-13H,15H2,(H,28,30). The van der Waals surface area contributed by atoms with Gasteiger partial charge in [0.25, 0.3) is 0 Å². The highest BCUT2D eigenvalue weighted by Gasteiger charge is 2.41. The zero-order valence-corrected chi connectivity index (χ0v) is 15.9. The van der Waals surface area contributed by atoms with Gasteiger partial charge < -0.3 is 5.32 Å². The van der Waals surface area contributed by atoms with E-state index in [-0.39, 0.29) is 5.82 Å². The SMILES string of the molecule is N#Cc1cccc(C2=NCC(c3ccc(F)cc3)(c3ccc4ncccc4n3)N2)c1. The number of pyridine rings is 2. The maximum atomic E-state index is 13.6. The van der Waals surface area contributed by atoms with Crippen molar-refractivity contribution in [3.63, 3.8) is 0 Å². The summed E-state index contributed by atoms with van der Waals surface area (Å²) in [6.45, 7) is 0.392. The Morgan fingerprint density at radius 1 is 0.967 bits per heavy atom. The van der Waals surface area contributed by atoms with Gasteiger partial charge in [-0.1, -0.05) is 24.3 Å². The summed E-state index contributed by atoms with van der Waals surface area (Å²) >= 11 is 0. The molecule has 0 fully saturated rings. The first-order chi connectivity index (χ1) is 14.7. The number of hydrogen-bond donors (Lipinski definition) is 1. The second-order valence-electron chi connectivity index (χ2n) is 7.13. The number of nitrogens with zero attached hydrogens (tertiary/aromatic N) is 4. The quantitative estimate of drug-likeness (QED) is 0.572. The third kappa shape index (κ3) is 2.97. The van der Waals surface area contributed by atoms with Crippen molar-refractivity contribution >= 4 is 16.9 Å². The van der Waals surface area contributed by atoms with Crippen LogP contribution in [0.3, 0.4) is 0 Å². The second kappa shape index (κ2) is 7.05. The predicted octanol–water partition coefficient (Wildman–Crippen LogP) is 3.93. The van der Waals surface area contributed by atoms with Crippen LogP contribution < -0.4 is 5.32 Å². The average Bonchev–Trinajstić information content (AvgIpc) is 3.26. The molecule has 1 unspecified atom stereocenters. The van der Waals surface area contributed by atoms with Gasteiger partial charge in [-0.2, -0.15) is 5.26 Å². The lowest BCUT2D eigenvalue weighted by Crippen LogP contribution is -2.45. The Balaban J connectivity index is 1.63. The molecule has 0 saturated heterocycles. The number of nitriles is 1. The van der Waals surface area contributed by atoms with Crippen molar-refractivity contribution < 1.29 is 4.39 Å². The molecule has 144 valence electrons. The fraction of sp³-hybridized carbons (Fsp3) is 0.0833. The molecule has 0 radical (unpaired) electrons. The fourth-order valence-corrected chi connectivity index (χ4v) is 3.76. The van der Waals surface area contributed by atoms with Gasteiger partial charge in [-0.25, -0.2) is 9.37 Å². The van der Waals surface area contributed by atoms with E-state index < -0.39 is 5.54 Å². The van der Waals surface area contributed by atoms with Crippen molar-refractivity contribution in [2.24, 2.45) is 4.99 Å². The van der Waals surface area contributed by atoms with E-state index in [1.807, 2.05) is 36.4 Å². The number of halogens is 1. The molecule has 1 aliphatic rings. The van der Waals surface area contributed by atoms with Gasteiger partial charge in [-0.05, 0) is 54.1 Å². The predicted molar refractivity (Wildman–Crippen MR) is 112 cm³/mol. The number of rotatable bonds is 3. The molecular weight excluding hydrogens is 377 g/mol. The Hall–Kier alpha value is -4.11. The van der Waals surface area contributed by atoms with Crippen molar-refractivity contribution in [2.75, 3.05) is 6.54 Å². The van der Waals surface area contributed by atoms with Crippen LogP contribution in [0, 0.1) is 17.1 Å². The zero-order valence-electron chi connectivity index (χ0n) is 15.9. The van der Waals surface area contributed by atoms with Crippen molar-refractivity contribution in [3.05, 3.63) is 107 Å². The highest BCUT2D eigenvalue weighted by Crippen LogP contribution is 2.34. The van der Waals surface area contributed by atoms with Gasteiger partial charge in [0.2, 0.25) is 0 Å². The van der Waals surface area contributed by atoms with Crippen LogP contribution in [0.5, 0.6) is 0 Å².